The summed E-state index contributed by atoms with van der Waals surface area (Å²) in [6, 6.07) is 11.3. The molecule has 1 aromatic carbocycles. The van der Waals surface area contributed by atoms with Gasteiger partial charge < -0.3 is 5.32 Å². The SMILES string of the molecule is C[C@H](Sc1nnc(-c2cccnc2)n1C1CC1)C(=O)Nc1ccc(Cl)cc1. The van der Waals surface area contributed by atoms with Crippen molar-refractivity contribution in [1.82, 2.24) is 19.7 Å². The molecule has 8 heteroatoms. The van der Waals surface area contributed by atoms with Gasteiger partial charge in [-0.3, -0.25) is 14.3 Å². The van der Waals surface area contributed by atoms with Crippen molar-refractivity contribution < 1.29 is 4.79 Å². The normalized spacial score (nSPS) is 14.7. The molecule has 1 amide bonds. The number of hydrogen-bond acceptors (Lipinski definition) is 5. The lowest BCUT2D eigenvalue weighted by Gasteiger charge is -2.13. The van der Waals surface area contributed by atoms with Crippen molar-refractivity contribution in [3.8, 4) is 11.4 Å². The Morgan fingerprint density at radius 3 is 2.70 bits per heavy atom. The number of amides is 1. The maximum atomic E-state index is 12.5. The monoisotopic (exact) mass is 399 g/mol. The first kappa shape index (κ1) is 18.0. The molecule has 1 fully saturated rings. The molecule has 27 heavy (non-hydrogen) atoms. The molecule has 4 rings (SSSR count). The molecule has 2 heterocycles. The highest BCUT2D eigenvalue weighted by atomic mass is 35.5. The van der Waals surface area contributed by atoms with Crippen LogP contribution < -0.4 is 5.32 Å². The molecule has 0 saturated heterocycles. The third-order valence-electron chi connectivity index (χ3n) is 4.26. The van der Waals surface area contributed by atoms with E-state index in [1.165, 1.54) is 11.8 Å². The van der Waals surface area contributed by atoms with Crippen molar-refractivity contribution in [2.45, 2.75) is 36.2 Å². The number of rotatable bonds is 6. The van der Waals surface area contributed by atoms with E-state index in [9.17, 15) is 4.79 Å². The molecular weight excluding hydrogens is 382 g/mol. The first-order chi connectivity index (χ1) is 13.1. The minimum absolute atomic E-state index is 0.0874. The molecule has 1 atom stereocenters. The van der Waals surface area contributed by atoms with Gasteiger partial charge in [0, 0.05) is 34.7 Å². The van der Waals surface area contributed by atoms with E-state index in [0.29, 0.717) is 11.1 Å². The minimum Gasteiger partial charge on any atom is -0.325 e. The third-order valence-corrected chi connectivity index (χ3v) is 5.57. The lowest BCUT2D eigenvalue weighted by Crippen LogP contribution is -2.22. The van der Waals surface area contributed by atoms with Crippen molar-refractivity contribution in [1.29, 1.82) is 0 Å². The van der Waals surface area contributed by atoms with Crippen LogP contribution in [0.5, 0.6) is 0 Å². The van der Waals surface area contributed by atoms with Gasteiger partial charge in [-0.25, -0.2) is 0 Å². The predicted octanol–water partition coefficient (Wildman–Crippen LogP) is 4.45. The van der Waals surface area contributed by atoms with Crippen LogP contribution in [0.2, 0.25) is 5.02 Å². The number of carbonyl (C=O) groups excluding carboxylic acids is 1. The van der Waals surface area contributed by atoms with Crippen LogP contribution >= 0.6 is 23.4 Å². The van der Waals surface area contributed by atoms with E-state index < -0.39 is 0 Å². The summed E-state index contributed by atoms with van der Waals surface area (Å²) in [6.45, 7) is 1.87. The van der Waals surface area contributed by atoms with Crippen LogP contribution in [0.3, 0.4) is 0 Å². The number of thioether (sulfide) groups is 1. The third kappa shape index (κ3) is 4.14. The Bertz CT molecular complexity index is 940. The first-order valence-electron chi connectivity index (χ1n) is 8.70. The van der Waals surface area contributed by atoms with E-state index in [4.69, 9.17) is 11.6 Å². The van der Waals surface area contributed by atoms with Gasteiger partial charge >= 0.3 is 0 Å². The average molecular weight is 400 g/mol. The zero-order valence-electron chi connectivity index (χ0n) is 14.7. The maximum absolute atomic E-state index is 12.5. The number of benzene rings is 1. The second kappa shape index (κ2) is 7.70. The number of anilines is 1. The lowest BCUT2D eigenvalue weighted by atomic mass is 10.3. The zero-order chi connectivity index (χ0) is 18.8. The summed E-state index contributed by atoms with van der Waals surface area (Å²) in [7, 11) is 0. The van der Waals surface area contributed by atoms with Crippen LogP contribution in [-0.4, -0.2) is 30.9 Å². The number of nitrogens with zero attached hydrogens (tertiary/aromatic N) is 4. The molecule has 0 aliphatic heterocycles. The highest BCUT2D eigenvalue weighted by Gasteiger charge is 2.31. The van der Waals surface area contributed by atoms with Crippen LogP contribution in [0.15, 0.2) is 53.9 Å². The van der Waals surface area contributed by atoms with Gasteiger partial charge in [0.1, 0.15) is 0 Å². The van der Waals surface area contributed by atoms with Crippen LogP contribution in [0.4, 0.5) is 5.69 Å². The van der Waals surface area contributed by atoms with Crippen molar-refractivity contribution in [2.24, 2.45) is 0 Å². The fraction of sp³-hybridized carbons (Fsp3) is 0.263. The Labute approximate surface area is 166 Å². The quantitative estimate of drug-likeness (QED) is 0.620. The van der Waals surface area contributed by atoms with Crippen LogP contribution in [0.1, 0.15) is 25.8 Å². The highest BCUT2D eigenvalue weighted by molar-refractivity contribution is 8.00. The number of pyridine rings is 1. The van der Waals surface area contributed by atoms with Gasteiger partial charge in [0.2, 0.25) is 5.91 Å². The van der Waals surface area contributed by atoms with Gasteiger partial charge in [0.05, 0.1) is 5.25 Å². The Morgan fingerprint density at radius 2 is 2.04 bits per heavy atom. The molecule has 0 radical (unpaired) electrons. The smallest absolute Gasteiger partial charge is 0.237 e. The first-order valence-corrected chi connectivity index (χ1v) is 9.96. The Morgan fingerprint density at radius 1 is 1.26 bits per heavy atom. The summed E-state index contributed by atoms with van der Waals surface area (Å²) in [4.78, 5) is 16.7. The molecule has 0 spiro atoms. The van der Waals surface area contributed by atoms with Gasteiger partial charge in [-0.1, -0.05) is 23.4 Å². The van der Waals surface area contributed by atoms with Crippen molar-refractivity contribution >= 4 is 35.0 Å². The molecule has 0 unspecified atom stereocenters. The summed E-state index contributed by atoms with van der Waals surface area (Å²) in [5, 5.41) is 12.7. The molecule has 1 saturated carbocycles. The van der Waals surface area contributed by atoms with E-state index in [-0.39, 0.29) is 11.2 Å². The van der Waals surface area contributed by atoms with Gasteiger partial charge in [0.25, 0.3) is 0 Å². The zero-order valence-corrected chi connectivity index (χ0v) is 16.2. The summed E-state index contributed by atoms with van der Waals surface area (Å²) < 4.78 is 2.13. The maximum Gasteiger partial charge on any atom is 0.237 e. The fourth-order valence-electron chi connectivity index (χ4n) is 2.70. The second-order valence-corrected chi connectivity index (χ2v) is 8.15. The average Bonchev–Trinajstić information content (AvgIpc) is 3.44. The Hall–Kier alpha value is -2.38. The molecule has 0 bridgehead atoms. The molecule has 6 nitrogen and oxygen atoms in total. The predicted molar refractivity (Wildman–Crippen MR) is 107 cm³/mol. The summed E-state index contributed by atoms with van der Waals surface area (Å²) in [6.07, 6.45) is 5.72. The molecule has 1 N–H and O–H groups in total. The number of aromatic nitrogens is 4. The van der Waals surface area contributed by atoms with E-state index in [0.717, 1.165) is 35.1 Å². The number of halogens is 1. The van der Waals surface area contributed by atoms with Crippen LogP contribution in [-0.2, 0) is 4.79 Å². The largest absolute Gasteiger partial charge is 0.325 e. The summed E-state index contributed by atoms with van der Waals surface area (Å²) in [5.41, 5.74) is 1.65. The Kier molecular flexibility index (Phi) is 5.13. The van der Waals surface area contributed by atoms with Gasteiger partial charge in [0.15, 0.2) is 11.0 Å². The molecular formula is C19H18ClN5OS. The standard InChI is InChI=1S/C19H18ClN5OS/c1-12(18(26)22-15-6-4-14(20)5-7-15)27-19-24-23-17(25(19)16-8-9-16)13-3-2-10-21-11-13/h2-7,10-12,16H,8-9H2,1H3,(H,22,26)/t12-/m0/s1. The number of carbonyl (C=O) groups is 1. The summed E-state index contributed by atoms with van der Waals surface area (Å²) in [5.74, 6) is 0.717. The van der Waals surface area contributed by atoms with E-state index in [1.807, 2.05) is 19.1 Å². The molecule has 1 aliphatic rings. The number of nitrogens with one attached hydrogen (secondary N) is 1. The fourth-order valence-corrected chi connectivity index (χ4v) is 3.75. The van der Waals surface area contributed by atoms with Crippen molar-refractivity contribution in [3.63, 3.8) is 0 Å². The van der Waals surface area contributed by atoms with Crippen LogP contribution in [0, 0.1) is 0 Å². The minimum atomic E-state index is -0.316. The molecule has 138 valence electrons. The molecule has 3 aromatic rings. The second-order valence-electron chi connectivity index (χ2n) is 6.41. The van der Waals surface area contributed by atoms with Gasteiger partial charge in [-0.15, -0.1) is 10.2 Å². The Balaban J connectivity index is 1.51. The van der Waals surface area contributed by atoms with Gasteiger partial charge in [-0.2, -0.15) is 0 Å². The van der Waals surface area contributed by atoms with Crippen LogP contribution in [0.25, 0.3) is 11.4 Å². The van der Waals surface area contributed by atoms with Crippen molar-refractivity contribution in [3.05, 3.63) is 53.8 Å². The highest BCUT2D eigenvalue weighted by Crippen LogP contribution is 2.41. The molecule has 2 aromatic heterocycles. The lowest BCUT2D eigenvalue weighted by molar-refractivity contribution is -0.115. The number of hydrogen-bond donors (Lipinski definition) is 1. The van der Waals surface area contributed by atoms with E-state index in [2.05, 4.69) is 25.1 Å². The van der Waals surface area contributed by atoms with Crippen molar-refractivity contribution in [2.75, 3.05) is 5.32 Å². The van der Waals surface area contributed by atoms with E-state index >= 15 is 0 Å². The summed E-state index contributed by atoms with van der Waals surface area (Å²) >= 11 is 7.30. The molecule has 1 aliphatic carbocycles. The topological polar surface area (TPSA) is 72.7 Å². The van der Waals surface area contributed by atoms with E-state index in [1.54, 1.807) is 36.7 Å². The van der Waals surface area contributed by atoms with Gasteiger partial charge in [-0.05, 0) is 56.2 Å².